The number of hydrogen-bond acceptors (Lipinski definition) is 3. The number of para-hydroxylation sites is 4. The molecule has 5 heteroatoms. The smallest absolute Gasteiger partial charge is 0.164 e. The molecule has 0 fully saturated rings. The molecule has 0 radical (unpaired) electrons. The summed E-state index contributed by atoms with van der Waals surface area (Å²) in [4.78, 5) is 16.0. The number of fused-ring (bicyclic) bond motifs is 9. The zero-order valence-electron chi connectivity index (χ0n) is 35.9. The fourth-order valence-electron chi connectivity index (χ4n) is 10.6. The van der Waals surface area contributed by atoms with Crippen molar-refractivity contribution in [2.75, 3.05) is 0 Å². The minimum absolute atomic E-state index is 0.228. The van der Waals surface area contributed by atoms with Crippen molar-refractivity contribution in [3.63, 3.8) is 0 Å². The number of rotatable bonds is 6. The summed E-state index contributed by atoms with van der Waals surface area (Å²) in [5, 5.41) is 4.79. The lowest BCUT2D eigenvalue weighted by molar-refractivity contribution is 0.660. The van der Waals surface area contributed by atoms with E-state index in [1.807, 2.05) is 36.4 Å². The average molecular weight is 832 g/mol. The van der Waals surface area contributed by atoms with E-state index >= 15 is 0 Å². The molecule has 0 saturated carbocycles. The van der Waals surface area contributed by atoms with E-state index in [0.29, 0.717) is 17.5 Å². The standard InChI is InChI=1S/C60H41N5/c1-60(2)48-28-14-9-23-41(48)42-34-33-40(37-49(42)60)55-47(59-62-57(38-19-5-3-6-20-38)61-58(63-59)39-21-7-4-8-22-39)35-36-54(64-50-29-15-10-24-43(50)44-25-11-16-30-51(44)64)56(55)65-52-31-17-12-26-45(52)46-27-13-18-32-53(46)65/h3-37H,1-2H3. The Bertz CT molecular complexity index is 3690. The second-order valence-electron chi connectivity index (χ2n) is 17.6. The fraction of sp³-hybridized carbons (Fsp3) is 0.0500. The van der Waals surface area contributed by atoms with Crippen LogP contribution in [0.2, 0.25) is 0 Å². The third-order valence-corrected chi connectivity index (χ3v) is 13.6. The highest BCUT2D eigenvalue weighted by molar-refractivity contribution is 6.13. The third-order valence-electron chi connectivity index (χ3n) is 13.6. The van der Waals surface area contributed by atoms with Crippen molar-refractivity contribution in [1.82, 2.24) is 24.1 Å². The Balaban J connectivity index is 1.23. The maximum Gasteiger partial charge on any atom is 0.164 e. The zero-order chi connectivity index (χ0) is 43.2. The van der Waals surface area contributed by atoms with E-state index < -0.39 is 0 Å². The summed E-state index contributed by atoms with van der Waals surface area (Å²) >= 11 is 0. The topological polar surface area (TPSA) is 48.5 Å². The number of hydrogen-bond donors (Lipinski definition) is 0. The van der Waals surface area contributed by atoms with Crippen LogP contribution in [0.25, 0.3) is 111 Å². The largest absolute Gasteiger partial charge is 0.307 e. The predicted molar refractivity (Wildman–Crippen MR) is 268 cm³/mol. The Kier molecular flexibility index (Phi) is 8.18. The lowest BCUT2D eigenvalue weighted by Gasteiger charge is -2.25. The molecular weight excluding hydrogens is 791 g/mol. The second-order valence-corrected chi connectivity index (χ2v) is 17.6. The maximum atomic E-state index is 5.42. The number of aromatic nitrogens is 5. The Hall–Kier alpha value is -8.41. The van der Waals surface area contributed by atoms with Gasteiger partial charge in [-0.15, -0.1) is 0 Å². The van der Waals surface area contributed by atoms with Crippen molar-refractivity contribution in [3.8, 4) is 67.8 Å². The van der Waals surface area contributed by atoms with Crippen molar-refractivity contribution >= 4 is 43.6 Å². The quantitative estimate of drug-likeness (QED) is 0.168. The number of nitrogens with zero attached hydrogens (tertiary/aromatic N) is 5. The molecule has 0 bridgehead atoms. The Morgan fingerprint density at radius 3 is 1.32 bits per heavy atom. The minimum Gasteiger partial charge on any atom is -0.307 e. The van der Waals surface area contributed by atoms with Crippen LogP contribution < -0.4 is 0 Å². The molecule has 306 valence electrons. The SMILES string of the molecule is CC1(C)c2ccccc2-c2ccc(-c3c(-c4nc(-c5ccccc5)nc(-c5ccccc5)n4)ccc(-n4c5ccccc5c5ccccc54)c3-n3c4ccccc4c4ccccc43)cc21. The van der Waals surface area contributed by atoms with E-state index in [2.05, 4.69) is 199 Å². The molecule has 0 amide bonds. The normalized spacial score (nSPS) is 12.9. The summed E-state index contributed by atoms with van der Waals surface area (Å²) in [5.74, 6) is 1.85. The Morgan fingerprint density at radius 2 is 0.769 bits per heavy atom. The molecule has 5 nitrogen and oxygen atoms in total. The molecule has 65 heavy (non-hydrogen) atoms. The van der Waals surface area contributed by atoms with E-state index in [9.17, 15) is 0 Å². The summed E-state index contributed by atoms with van der Waals surface area (Å²) in [6.45, 7) is 4.71. The van der Waals surface area contributed by atoms with Crippen LogP contribution in [0.15, 0.2) is 212 Å². The van der Waals surface area contributed by atoms with Crippen LogP contribution in [0.3, 0.4) is 0 Å². The molecule has 0 aliphatic heterocycles. The molecule has 12 aromatic rings. The van der Waals surface area contributed by atoms with Gasteiger partial charge in [-0.2, -0.15) is 0 Å². The first-order chi connectivity index (χ1) is 32.0. The lowest BCUT2D eigenvalue weighted by Crippen LogP contribution is -2.15. The van der Waals surface area contributed by atoms with Crippen molar-refractivity contribution in [2.45, 2.75) is 19.3 Å². The van der Waals surface area contributed by atoms with Gasteiger partial charge >= 0.3 is 0 Å². The monoisotopic (exact) mass is 831 g/mol. The molecular formula is C60H41N5. The Morgan fingerprint density at radius 1 is 0.338 bits per heavy atom. The van der Waals surface area contributed by atoms with Crippen molar-refractivity contribution < 1.29 is 0 Å². The van der Waals surface area contributed by atoms with Gasteiger partial charge in [0.2, 0.25) is 0 Å². The molecule has 13 rings (SSSR count). The van der Waals surface area contributed by atoms with Crippen LogP contribution in [0, 0.1) is 0 Å². The molecule has 3 aromatic heterocycles. The van der Waals surface area contributed by atoms with E-state index in [0.717, 1.165) is 61.3 Å². The van der Waals surface area contributed by atoms with Gasteiger partial charge in [0.25, 0.3) is 0 Å². The van der Waals surface area contributed by atoms with Crippen molar-refractivity contribution in [3.05, 3.63) is 223 Å². The van der Waals surface area contributed by atoms with Crippen LogP contribution in [-0.4, -0.2) is 24.1 Å². The highest BCUT2D eigenvalue weighted by Gasteiger charge is 2.36. The van der Waals surface area contributed by atoms with Gasteiger partial charge in [0, 0.05) is 49.2 Å². The van der Waals surface area contributed by atoms with Crippen LogP contribution in [0.5, 0.6) is 0 Å². The van der Waals surface area contributed by atoms with E-state index in [1.165, 1.54) is 43.8 Å². The van der Waals surface area contributed by atoms with Crippen LogP contribution in [0.1, 0.15) is 25.0 Å². The van der Waals surface area contributed by atoms with E-state index in [-0.39, 0.29) is 5.41 Å². The minimum atomic E-state index is -0.228. The molecule has 9 aromatic carbocycles. The average Bonchev–Trinajstić information content (AvgIpc) is 3.96. The Labute approximate surface area is 376 Å². The van der Waals surface area contributed by atoms with Crippen LogP contribution >= 0.6 is 0 Å². The molecule has 3 heterocycles. The highest BCUT2D eigenvalue weighted by atomic mass is 15.1. The van der Waals surface area contributed by atoms with Crippen molar-refractivity contribution in [2.24, 2.45) is 0 Å². The van der Waals surface area contributed by atoms with Gasteiger partial charge in [0.1, 0.15) is 0 Å². The van der Waals surface area contributed by atoms with Gasteiger partial charge in [-0.3, -0.25) is 0 Å². The molecule has 0 atom stereocenters. The summed E-state index contributed by atoms with van der Waals surface area (Å²) < 4.78 is 4.95. The van der Waals surface area contributed by atoms with Crippen LogP contribution in [-0.2, 0) is 5.41 Å². The molecule has 0 spiro atoms. The first-order valence-corrected chi connectivity index (χ1v) is 22.3. The molecule has 0 unspecified atom stereocenters. The molecule has 0 N–H and O–H groups in total. The van der Waals surface area contributed by atoms with Crippen LogP contribution in [0.4, 0.5) is 0 Å². The fourth-order valence-corrected chi connectivity index (χ4v) is 10.6. The van der Waals surface area contributed by atoms with E-state index in [1.54, 1.807) is 0 Å². The molecule has 1 aliphatic rings. The summed E-state index contributed by atoms with van der Waals surface area (Å²) in [6.07, 6.45) is 0. The first kappa shape index (κ1) is 37.2. The summed E-state index contributed by atoms with van der Waals surface area (Å²) in [6, 6.07) is 76.2. The van der Waals surface area contributed by atoms with Gasteiger partial charge in [-0.25, -0.2) is 15.0 Å². The molecule has 0 saturated heterocycles. The zero-order valence-corrected chi connectivity index (χ0v) is 35.9. The van der Waals surface area contributed by atoms with Gasteiger partial charge in [-0.1, -0.05) is 184 Å². The highest BCUT2D eigenvalue weighted by Crippen LogP contribution is 2.52. The second kappa shape index (κ2) is 14.3. The summed E-state index contributed by atoms with van der Waals surface area (Å²) in [5.41, 5.74) is 16.5. The van der Waals surface area contributed by atoms with Gasteiger partial charge < -0.3 is 9.13 Å². The van der Waals surface area contributed by atoms with E-state index in [4.69, 9.17) is 15.0 Å². The lowest BCUT2D eigenvalue weighted by atomic mass is 9.81. The number of benzene rings is 9. The predicted octanol–water partition coefficient (Wildman–Crippen LogP) is 15.0. The van der Waals surface area contributed by atoms with Crippen molar-refractivity contribution in [1.29, 1.82) is 0 Å². The van der Waals surface area contributed by atoms with Gasteiger partial charge in [0.05, 0.1) is 33.4 Å². The summed E-state index contributed by atoms with van der Waals surface area (Å²) in [7, 11) is 0. The first-order valence-electron chi connectivity index (χ1n) is 22.3. The third kappa shape index (κ3) is 5.62. The van der Waals surface area contributed by atoms with Gasteiger partial charge in [-0.05, 0) is 70.3 Å². The maximum absolute atomic E-state index is 5.42. The van der Waals surface area contributed by atoms with Gasteiger partial charge in [0.15, 0.2) is 17.5 Å². The molecule has 1 aliphatic carbocycles.